The van der Waals surface area contributed by atoms with Gasteiger partial charge in [-0.25, -0.2) is 0 Å². The molecule has 6 heteroatoms. The van der Waals surface area contributed by atoms with Crippen molar-refractivity contribution in [2.24, 2.45) is 5.73 Å². The van der Waals surface area contributed by atoms with Crippen LogP contribution in [0.2, 0.25) is 5.02 Å². The lowest BCUT2D eigenvalue weighted by Crippen LogP contribution is -2.28. The molecule has 0 bridgehead atoms. The zero-order valence-electron chi connectivity index (χ0n) is 10.2. The molecule has 0 radical (unpaired) electrons. The Morgan fingerprint density at radius 2 is 1.85 bits per heavy atom. The molecule has 3 nitrogen and oxygen atoms in total. The fourth-order valence-corrected chi connectivity index (χ4v) is 2.83. The summed E-state index contributed by atoms with van der Waals surface area (Å²) in [5.41, 5.74) is 6.98. The smallest absolute Gasteiger partial charge is 0.244 e. The summed E-state index contributed by atoms with van der Waals surface area (Å²) in [7, 11) is 0. The number of rotatable bonds is 4. The molecule has 0 spiro atoms. The van der Waals surface area contributed by atoms with Gasteiger partial charge >= 0.3 is 0 Å². The van der Waals surface area contributed by atoms with E-state index in [9.17, 15) is 4.79 Å². The number of hydrogen-bond donors (Lipinski definition) is 2. The number of carbonyl (C=O) groups excluding carboxylic acids is 1. The lowest BCUT2D eigenvalue weighted by molar-refractivity contribution is -0.118. The van der Waals surface area contributed by atoms with Crippen molar-refractivity contribution in [2.75, 3.05) is 5.32 Å². The van der Waals surface area contributed by atoms with Crippen molar-refractivity contribution < 1.29 is 4.79 Å². The highest BCUT2D eigenvalue weighted by molar-refractivity contribution is 9.11. The van der Waals surface area contributed by atoms with Gasteiger partial charge in [-0.3, -0.25) is 4.79 Å². The van der Waals surface area contributed by atoms with Gasteiger partial charge in [0.15, 0.2) is 0 Å². The van der Waals surface area contributed by atoms with Crippen molar-refractivity contribution >= 4 is 55.1 Å². The lowest BCUT2D eigenvalue weighted by Gasteiger charge is -2.19. The molecule has 0 aliphatic rings. The number of primary amides is 1. The first-order valence-corrected chi connectivity index (χ1v) is 7.71. The molecule has 1 unspecified atom stereocenters. The number of hydrogen-bond acceptors (Lipinski definition) is 2. The van der Waals surface area contributed by atoms with E-state index in [1.165, 1.54) is 0 Å². The molecule has 2 aromatic rings. The Bertz CT molecular complexity index is 649. The molecule has 3 N–H and O–H groups in total. The van der Waals surface area contributed by atoms with Crippen molar-refractivity contribution in [3.63, 3.8) is 0 Å². The Labute approximate surface area is 138 Å². The molecule has 104 valence electrons. The van der Waals surface area contributed by atoms with Crippen LogP contribution in [0.25, 0.3) is 0 Å². The van der Waals surface area contributed by atoms with Crippen molar-refractivity contribution in [3.8, 4) is 0 Å². The minimum atomic E-state index is -0.679. The maximum atomic E-state index is 11.8. The number of halogens is 3. The Morgan fingerprint density at radius 1 is 1.15 bits per heavy atom. The minimum Gasteiger partial charge on any atom is -0.369 e. The Hall–Kier alpha value is -1.04. The maximum absolute atomic E-state index is 11.8. The van der Waals surface area contributed by atoms with E-state index in [-0.39, 0.29) is 0 Å². The van der Waals surface area contributed by atoms with E-state index in [1.54, 1.807) is 18.2 Å². The summed E-state index contributed by atoms with van der Waals surface area (Å²) in [5.74, 6) is -0.483. The summed E-state index contributed by atoms with van der Waals surface area (Å²) in [4.78, 5) is 11.8. The minimum absolute atomic E-state index is 0.483. The molecular weight excluding hydrogens is 407 g/mol. The summed E-state index contributed by atoms with van der Waals surface area (Å²) in [6.45, 7) is 0. The molecule has 20 heavy (non-hydrogen) atoms. The SMILES string of the molecule is NC(=O)C(Nc1ccccc1Br)c1cc(Cl)ccc1Br. The third-order valence-corrected chi connectivity index (χ3v) is 4.38. The van der Waals surface area contributed by atoms with Crippen LogP contribution in [0, 0.1) is 0 Å². The number of amides is 1. The third-order valence-electron chi connectivity index (χ3n) is 2.73. The zero-order valence-corrected chi connectivity index (χ0v) is 14.2. The second-order valence-corrected chi connectivity index (χ2v) is 6.27. The Balaban J connectivity index is 2.40. The van der Waals surface area contributed by atoms with E-state index in [4.69, 9.17) is 17.3 Å². The fourth-order valence-electron chi connectivity index (χ4n) is 1.77. The van der Waals surface area contributed by atoms with E-state index in [1.807, 2.05) is 24.3 Å². The van der Waals surface area contributed by atoms with Gasteiger partial charge in [0.2, 0.25) is 5.91 Å². The number of nitrogens with one attached hydrogen (secondary N) is 1. The average molecular weight is 419 g/mol. The maximum Gasteiger partial charge on any atom is 0.244 e. The van der Waals surface area contributed by atoms with Gasteiger partial charge in [-0.2, -0.15) is 0 Å². The summed E-state index contributed by atoms with van der Waals surface area (Å²) in [5, 5.41) is 3.67. The molecule has 0 saturated heterocycles. The van der Waals surface area contributed by atoms with Crippen molar-refractivity contribution in [1.82, 2.24) is 0 Å². The topological polar surface area (TPSA) is 55.1 Å². The van der Waals surface area contributed by atoms with Crippen LogP contribution >= 0.6 is 43.5 Å². The second-order valence-electron chi connectivity index (χ2n) is 4.13. The van der Waals surface area contributed by atoms with Crippen LogP contribution in [0.1, 0.15) is 11.6 Å². The monoisotopic (exact) mass is 416 g/mol. The summed E-state index contributed by atoms with van der Waals surface area (Å²) in [6.07, 6.45) is 0. The zero-order chi connectivity index (χ0) is 14.7. The van der Waals surface area contributed by atoms with Crippen LogP contribution < -0.4 is 11.1 Å². The molecule has 0 aromatic heterocycles. The van der Waals surface area contributed by atoms with Crippen molar-refractivity contribution in [1.29, 1.82) is 0 Å². The van der Waals surface area contributed by atoms with Gasteiger partial charge in [-0.15, -0.1) is 0 Å². The first-order valence-electron chi connectivity index (χ1n) is 5.74. The molecule has 0 fully saturated rings. The standard InChI is InChI=1S/C14H11Br2ClN2O/c15-10-6-5-8(17)7-9(10)13(14(18)20)19-12-4-2-1-3-11(12)16/h1-7,13,19H,(H2,18,20). The number of para-hydroxylation sites is 1. The first-order chi connectivity index (χ1) is 9.49. The van der Waals surface area contributed by atoms with Gasteiger partial charge in [-0.1, -0.05) is 39.7 Å². The van der Waals surface area contributed by atoms with Gasteiger partial charge < -0.3 is 11.1 Å². The number of anilines is 1. The Morgan fingerprint density at radius 3 is 2.50 bits per heavy atom. The molecule has 2 aromatic carbocycles. The van der Waals surface area contributed by atoms with E-state index >= 15 is 0 Å². The highest BCUT2D eigenvalue weighted by Crippen LogP contribution is 2.31. The summed E-state index contributed by atoms with van der Waals surface area (Å²) < 4.78 is 1.62. The van der Waals surface area contributed by atoms with Crippen LogP contribution in [0.15, 0.2) is 51.4 Å². The van der Waals surface area contributed by atoms with Crippen LogP contribution in [0.4, 0.5) is 5.69 Å². The molecule has 2 rings (SSSR count). The predicted octanol–water partition coefficient (Wildman–Crippen LogP) is 4.50. The molecule has 1 amide bonds. The van der Waals surface area contributed by atoms with E-state index in [2.05, 4.69) is 37.2 Å². The number of nitrogens with two attached hydrogens (primary N) is 1. The van der Waals surface area contributed by atoms with E-state index in [0.717, 1.165) is 14.6 Å². The van der Waals surface area contributed by atoms with E-state index in [0.29, 0.717) is 10.6 Å². The molecule has 0 aliphatic carbocycles. The second kappa shape index (κ2) is 6.61. The Kier molecular flexibility index (Phi) is 5.07. The van der Waals surface area contributed by atoms with Gasteiger partial charge in [0.25, 0.3) is 0 Å². The van der Waals surface area contributed by atoms with Gasteiger partial charge in [0, 0.05) is 19.7 Å². The lowest BCUT2D eigenvalue weighted by atomic mass is 10.1. The fraction of sp³-hybridized carbons (Fsp3) is 0.0714. The molecular formula is C14H11Br2ClN2O. The number of benzene rings is 2. The number of carbonyl (C=O) groups is 1. The van der Waals surface area contributed by atoms with Gasteiger partial charge in [0.05, 0.1) is 0 Å². The van der Waals surface area contributed by atoms with E-state index < -0.39 is 11.9 Å². The normalized spacial score (nSPS) is 11.9. The van der Waals surface area contributed by atoms with Gasteiger partial charge in [0.1, 0.15) is 6.04 Å². The van der Waals surface area contributed by atoms with Crippen LogP contribution in [0.5, 0.6) is 0 Å². The van der Waals surface area contributed by atoms with Crippen LogP contribution in [-0.2, 0) is 4.79 Å². The third kappa shape index (κ3) is 3.53. The predicted molar refractivity (Wildman–Crippen MR) is 88.9 cm³/mol. The molecule has 0 aliphatic heterocycles. The van der Waals surface area contributed by atoms with Crippen molar-refractivity contribution in [3.05, 3.63) is 62.0 Å². The van der Waals surface area contributed by atoms with Crippen molar-refractivity contribution in [2.45, 2.75) is 6.04 Å². The van der Waals surface area contributed by atoms with Gasteiger partial charge in [-0.05, 0) is 51.8 Å². The largest absolute Gasteiger partial charge is 0.369 e. The highest BCUT2D eigenvalue weighted by Gasteiger charge is 2.21. The summed E-state index contributed by atoms with van der Waals surface area (Å²) in [6, 6.07) is 12.1. The average Bonchev–Trinajstić information content (AvgIpc) is 2.40. The molecule has 0 heterocycles. The highest BCUT2D eigenvalue weighted by atomic mass is 79.9. The molecule has 0 saturated carbocycles. The quantitative estimate of drug-likeness (QED) is 0.768. The summed E-state index contributed by atoms with van der Waals surface area (Å²) >= 11 is 12.8. The first kappa shape index (κ1) is 15.4. The van der Waals surface area contributed by atoms with Crippen LogP contribution in [0.3, 0.4) is 0 Å². The van der Waals surface area contributed by atoms with Crippen LogP contribution in [-0.4, -0.2) is 5.91 Å². The molecule has 1 atom stereocenters.